The summed E-state index contributed by atoms with van der Waals surface area (Å²) in [5.74, 6) is 0.124. The van der Waals surface area contributed by atoms with Crippen LogP contribution < -0.4 is 10.1 Å². The lowest BCUT2D eigenvalue weighted by Gasteiger charge is -2.31. The molecule has 0 unspecified atom stereocenters. The number of aliphatic hydroxyl groups excluding tert-OH is 1. The summed E-state index contributed by atoms with van der Waals surface area (Å²) in [5, 5.41) is 24.4. The predicted molar refractivity (Wildman–Crippen MR) is 120 cm³/mol. The highest BCUT2D eigenvalue weighted by molar-refractivity contribution is 5.76. The summed E-state index contributed by atoms with van der Waals surface area (Å²) in [7, 11) is 1.56. The minimum absolute atomic E-state index is 0.0203. The molecule has 0 saturated carbocycles. The van der Waals surface area contributed by atoms with Crippen LogP contribution in [0.2, 0.25) is 0 Å². The quantitative estimate of drug-likeness (QED) is 0.447. The number of β-amino-alcohol motifs (C(OH)–C–C–N with tert-alkyl or cyclic N) is 1. The fourth-order valence-corrected chi connectivity index (χ4v) is 4.08. The molecule has 1 saturated heterocycles. The number of rotatable bonds is 9. The third kappa shape index (κ3) is 6.01. The van der Waals surface area contributed by atoms with Crippen molar-refractivity contribution in [2.24, 2.45) is 11.0 Å². The second kappa shape index (κ2) is 11.3. The van der Waals surface area contributed by atoms with Crippen molar-refractivity contribution in [2.45, 2.75) is 25.4 Å². The third-order valence-electron chi connectivity index (χ3n) is 5.97. The van der Waals surface area contributed by atoms with E-state index in [-0.39, 0.29) is 41.6 Å². The second-order valence-corrected chi connectivity index (χ2v) is 8.08. The van der Waals surface area contributed by atoms with Crippen LogP contribution in [-0.4, -0.2) is 54.9 Å². The summed E-state index contributed by atoms with van der Waals surface area (Å²) >= 11 is 0. The number of aliphatic hydroxyl groups is 1. The van der Waals surface area contributed by atoms with Crippen LogP contribution in [0.25, 0.3) is 11.3 Å². The first-order valence-electron chi connectivity index (χ1n) is 11.0. The van der Waals surface area contributed by atoms with Gasteiger partial charge in [-0.15, -0.1) is 0 Å². The maximum Gasteiger partial charge on any atom is 0.419 e. The van der Waals surface area contributed by atoms with Gasteiger partial charge >= 0.3 is 6.18 Å². The van der Waals surface area contributed by atoms with Crippen LogP contribution in [0.1, 0.15) is 30.5 Å². The smallest absolute Gasteiger partial charge is 0.419 e. The van der Waals surface area contributed by atoms with E-state index in [1.54, 1.807) is 7.05 Å². The Morgan fingerprint density at radius 1 is 1.32 bits per heavy atom. The van der Waals surface area contributed by atoms with E-state index in [0.29, 0.717) is 24.6 Å². The van der Waals surface area contributed by atoms with Crippen molar-refractivity contribution in [2.75, 3.05) is 45.2 Å². The molecule has 34 heavy (non-hydrogen) atoms. The molecule has 0 aliphatic carbocycles. The lowest BCUT2D eigenvalue weighted by molar-refractivity contribution is -0.138. The highest BCUT2D eigenvalue weighted by atomic mass is 19.4. The minimum Gasteiger partial charge on any atom is -0.493 e. The number of nitriles is 1. The molecule has 3 N–H and O–H groups in total. The molecule has 1 aliphatic rings. The maximum absolute atomic E-state index is 13.8. The number of piperidine rings is 1. The van der Waals surface area contributed by atoms with E-state index >= 15 is 0 Å². The van der Waals surface area contributed by atoms with Gasteiger partial charge in [-0.1, -0.05) is 0 Å². The predicted octanol–water partition coefficient (Wildman–Crippen LogP) is 4.82. The maximum atomic E-state index is 13.8. The summed E-state index contributed by atoms with van der Waals surface area (Å²) in [6.07, 6.45) is -2.13. The van der Waals surface area contributed by atoms with E-state index in [1.807, 2.05) is 6.07 Å². The average Bonchev–Trinajstić information content (AvgIpc) is 2.83. The number of benzene rings is 1. The fraction of sp³-hybridized carbons (Fsp3) is 0.478. The lowest BCUT2D eigenvalue weighted by Crippen LogP contribution is -2.36. The van der Waals surface area contributed by atoms with E-state index in [4.69, 9.17) is 15.4 Å². The summed E-state index contributed by atoms with van der Waals surface area (Å²) in [4.78, 5) is 6.27. The zero-order valence-corrected chi connectivity index (χ0v) is 18.8. The number of pyridine rings is 1. The van der Waals surface area contributed by atoms with Crippen molar-refractivity contribution in [1.29, 1.82) is 10.8 Å². The monoisotopic (exact) mass is 476 g/mol. The molecule has 11 heteroatoms. The van der Waals surface area contributed by atoms with Gasteiger partial charge in [-0.2, -0.15) is 23.5 Å². The van der Waals surface area contributed by atoms with Gasteiger partial charge in [-0.25, -0.2) is 10.5 Å². The number of nitrogens with zero attached hydrogens (tertiary/aromatic N) is 4. The SMILES string of the molecule is CNc1cc(-c2ccc(OCCC3CCN(CCO)CC3)c(C(F)(F)F)c2)nc(C#N)c1N=N. The van der Waals surface area contributed by atoms with Crippen LogP contribution >= 0.6 is 0 Å². The Morgan fingerprint density at radius 3 is 2.65 bits per heavy atom. The highest BCUT2D eigenvalue weighted by Gasteiger charge is 2.35. The first-order chi connectivity index (χ1) is 16.3. The minimum atomic E-state index is -4.64. The van der Waals surface area contributed by atoms with E-state index in [0.717, 1.165) is 32.0 Å². The van der Waals surface area contributed by atoms with Gasteiger partial charge in [0.05, 0.1) is 30.2 Å². The molecular formula is C23H27F3N6O2. The molecule has 182 valence electrons. The van der Waals surface area contributed by atoms with Crippen LogP contribution in [0.5, 0.6) is 5.75 Å². The van der Waals surface area contributed by atoms with Gasteiger partial charge in [0.25, 0.3) is 0 Å². The number of nitrogens with one attached hydrogen (secondary N) is 2. The first kappa shape index (κ1) is 25.4. The molecule has 0 amide bonds. The first-order valence-corrected chi connectivity index (χ1v) is 11.0. The third-order valence-corrected chi connectivity index (χ3v) is 5.97. The molecular weight excluding hydrogens is 449 g/mol. The number of hydrogen-bond acceptors (Lipinski definition) is 8. The van der Waals surface area contributed by atoms with Gasteiger partial charge < -0.3 is 20.1 Å². The van der Waals surface area contributed by atoms with Crippen molar-refractivity contribution >= 4 is 11.4 Å². The van der Waals surface area contributed by atoms with Gasteiger partial charge in [0.15, 0.2) is 5.69 Å². The summed E-state index contributed by atoms with van der Waals surface area (Å²) in [6.45, 7) is 2.68. The average molecular weight is 477 g/mol. The summed E-state index contributed by atoms with van der Waals surface area (Å²) in [6, 6.07) is 6.99. The molecule has 3 rings (SSSR count). The lowest BCUT2D eigenvalue weighted by atomic mass is 9.94. The summed E-state index contributed by atoms with van der Waals surface area (Å²) < 4.78 is 47.0. The number of halogens is 3. The van der Waals surface area contributed by atoms with E-state index in [1.165, 1.54) is 18.2 Å². The van der Waals surface area contributed by atoms with Crippen LogP contribution in [-0.2, 0) is 6.18 Å². The number of ether oxygens (including phenoxy) is 1. The van der Waals surface area contributed by atoms with Crippen molar-refractivity contribution in [3.63, 3.8) is 0 Å². The number of likely N-dealkylation sites (tertiary alicyclic amines) is 1. The molecule has 0 spiro atoms. The molecule has 0 atom stereocenters. The number of aromatic nitrogens is 1. The molecule has 1 aliphatic heterocycles. The normalized spacial score (nSPS) is 15.1. The summed E-state index contributed by atoms with van der Waals surface area (Å²) in [5.41, 5.74) is 6.82. The molecule has 1 aromatic carbocycles. The Labute approximate surface area is 195 Å². The molecule has 8 nitrogen and oxygen atoms in total. The molecule has 2 aromatic rings. The second-order valence-electron chi connectivity index (χ2n) is 8.08. The number of alkyl halides is 3. The molecule has 0 bridgehead atoms. The van der Waals surface area contributed by atoms with E-state index in [9.17, 15) is 18.4 Å². The Hall–Kier alpha value is -3.23. The Morgan fingerprint density at radius 2 is 2.06 bits per heavy atom. The standard InChI is InChI=1S/C23H27F3N6O2/c1-29-19-13-18(30-20(14-27)22(19)31-28)16-2-3-21(17(12-16)23(24,25)26)34-11-6-15-4-7-32(8-5-15)9-10-33/h2-3,12-13,15,28,33H,4-11H2,1H3,(H,29,30). The highest BCUT2D eigenvalue weighted by Crippen LogP contribution is 2.40. The molecule has 1 fully saturated rings. The van der Waals surface area contributed by atoms with Gasteiger partial charge in [-0.05, 0) is 62.5 Å². The van der Waals surface area contributed by atoms with Crippen molar-refractivity contribution in [3.05, 3.63) is 35.5 Å². The van der Waals surface area contributed by atoms with Crippen molar-refractivity contribution in [1.82, 2.24) is 9.88 Å². The van der Waals surface area contributed by atoms with Crippen LogP contribution in [0.15, 0.2) is 29.4 Å². The van der Waals surface area contributed by atoms with Gasteiger partial charge in [0.1, 0.15) is 17.5 Å². The Bertz CT molecular complexity index is 1050. The largest absolute Gasteiger partial charge is 0.493 e. The van der Waals surface area contributed by atoms with Gasteiger partial charge in [0.2, 0.25) is 0 Å². The van der Waals surface area contributed by atoms with Gasteiger partial charge in [0, 0.05) is 19.2 Å². The zero-order chi connectivity index (χ0) is 24.7. The fourth-order valence-electron chi connectivity index (χ4n) is 4.08. The number of hydrogen-bond donors (Lipinski definition) is 3. The van der Waals surface area contributed by atoms with E-state index < -0.39 is 11.7 Å². The Kier molecular flexibility index (Phi) is 8.41. The van der Waals surface area contributed by atoms with Crippen LogP contribution in [0, 0.1) is 22.8 Å². The molecule has 2 heterocycles. The van der Waals surface area contributed by atoms with Crippen LogP contribution in [0.3, 0.4) is 0 Å². The van der Waals surface area contributed by atoms with E-state index in [2.05, 4.69) is 20.3 Å². The topological polar surface area (TPSA) is 118 Å². The number of anilines is 1. The molecule has 0 radical (unpaired) electrons. The van der Waals surface area contributed by atoms with Crippen molar-refractivity contribution in [3.8, 4) is 23.1 Å². The van der Waals surface area contributed by atoms with Crippen LogP contribution in [0.4, 0.5) is 24.5 Å². The molecule has 1 aromatic heterocycles. The van der Waals surface area contributed by atoms with Crippen molar-refractivity contribution < 1.29 is 23.0 Å². The van der Waals surface area contributed by atoms with Gasteiger partial charge in [-0.3, -0.25) is 0 Å². The zero-order valence-electron chi connectivity index (χ0n) is 18.8. The Balaban J connectivity index is 1.78.